The molecule has 1 amide bonds. The Bertz CT molecular complexity index is 820. The number of carbonyl (C=O) groups excluding carboxylic acids is 1. The molecule has 7 heteroatoms. The second-order valence-electron chi connectivity index (χ2n) is 6.43. The highest BCUT2D eigenvalue weighted by Gasteiger charge is 2.36. The zero-order chi connectivity index (χ0) is 17.2. The van der Waals surface area contributed by atoms with E-state index in [0.717, 1.165) is 42.9 Å². The van der Waals surface area contributed by atoms with E-state index in [1.807, 2.05) is 12.1 Å². The topological polar surface area (TPSA) is 78.2 Å². The fourth-order valence-corrected chi connectivity index (χ4v) is 4.32. The number of ether oxygens (including phenoxy) is 1. The summed E-state index contributed by atoms with van der Waals surface area (Å²) in [7, 11) is 0. The fourth-order valence-electron chi connectivity index (χ4n) is 3.58. The number of rotatable bonds is 3. The largest absolute Gasteiger partial charge is 0.444 e. The summed E-state index contributed by atoms with van der Waals surface area (Å²) in [6.45, 7) is 3.04. The van der Waals surface area contributed by atoms with E-state index >= 15 is 0 Å². The molecule has 3 saturated heterocycles. The lowest BCUT2D eigenvalue weighted by molar-refractivity contribution is -0.0290. The van der Waals surface area contributed by atoms with Crippen molar-refractivity contribution < 1.29 is 9.53 Å². The number of anilines is 1. The monoisotopic (exact) mass is 354 g/mol. The Labute approximate surface area is 150 Å². The van der Waals surface area contributed by atoms with Crippen molar-refractivity contribution in [1.82, 2.24) is 9.88 Å². The number of nitrogens with one attached hydrogen (secondary N) is 1. The van der Waals surface area contributed by atoms with Gasteiger partial charge in [-0.15, -0.1) is 11.3 Å². The van der Waals surface area contributed by atoms with Crippen molar-refractivity contribution in [3.05, 3.63) is 35.3 Å². The summed E-state index contributed by atoms with van der Waals surface area (Å²) >= 11 is 1.42. The van der Waals surface area contributed by atoms with E-state index in [4.69, 9.17) is 10.00 Å². The van der Waals surface area contributed by atoms with E-state index in [9.17, 15) is 4.79 Å². The fraction of sp³-hybridized carbons (Fsp3) is 0.389. The smallest absolute Gasteiger partial charge is 0.413 e. The first-order valence-corrected chi connectivity index (χ1v) is 9.25. The van der Waals surface area contributed by atoms with Gasteiger partial charge in [0.25, 0.3) is 0 Å². The van der Waals surface area contributed by atoms with Gasteiger partial charge in [0.2, 0.25) is 0 Å². The third-order valence-electron chi connectivity index (χ3n) is 4.90. The Morgan fingerprint density at radius 3 is 2.96 bits per heavy atom. The van der Waals surface area contributed by atoms with Gasteiger partial charge in [-0.1, -0.05) is 12.1 Å². The molecule has 0 aliphatic carbocycles. The zero-order valence-electron chi connectivity index (χ0n) is 13.6. The van der Waals surface area contributed by atoms with Crippen LogP contribution in [-0.4, -0.2) is 41.7 Å². The Kier molecular flexibility index (Phi) is 4.38. The lowest BCUT2D eigenvalue weighted by Gasteiger charge is -2.43. The normalized spacial score (nSPS) is 24.5. The molecule has 2 bridgehead atoms. The predicted octanol–water partition coefficient (Wildman–Crippen LogP) is 3.32. The van der Waals surface area contributed by atoms with Gasteiger partial charge >= 0.3 is 6.09 Å². The van der Waals surface area contributed by atoms with Crippen LogP contribution in [0.15, 0.2) is 29.8 Å². The number of hydrogen-bond acceptors (Lipinski definition) is 6. The molecule has 3 aliphatic rings. The number of nitrogens with zero attached hydrogens (tertiary/aromatic N) is 3. The van der Waals surface area contributed by atoms with Gasteiger partial charge in [-0.3, -0.25) is 10.2 Å². The Balaban J connectivity index is 1.46. The highest BCUT2D eigenvalue weighted by molar-refractivity contribution is 7.13. The lowest BCUT2D eigenvalue weighted by Crippen LogP contribution is -2.52. The second-order valence-corrected chi connectivity index (χ2v) is 7.28. The van der Waals surface area contributed by atoms with Gasteiger partial charge in [-0.05, 0) is 49.5 Å². The summed E-state index contributed by atoms with van der Waals surface area (Å²) in [5, 5.41) is 11.8. The third-order valence-corrected chi connectivity index (χ3v) is 5.77. The molecule has 1 atom stereocenters. The van der Waals surface area contributed by atoms with Crippen LogP contribution in [-0.2, 0) is 4.74 Å². The SMILES string of the molecule is N#Cc1cccc(-c2scnc2NC(=O)O[C@H]2CN3CCC2CC3)c1. The van der Waals surface area contributed by atoms with Gasteiger partial charge in [0.1, 0.15) is 6.10 Å². The van der Waals surface area contributed by atoms with Crippen LogP contribution in [0.1, 0.15) is 18.4 Å². The number of nitriles is 1. The molecule has 128 valence electrons. The molecular weight excluding hydrogens is 336 g/mol. The minimum Gasteiger partial charge on any atom is -0.444 e. The number of fused-ring (bicyclic) bond motifs is 3. The standard InChI is InChI=1S/C18H18N4O2S/c19-9-12-2-1-3-14(8-12)16-17(20-11-25-16)21-18(23)24-15-10-22-6-4-13(15)5-7-22/h1-3,8,11,13,15H,4-7,10H2,(H,21,23)/t15-/m0/s1. The summed E-state index contributed by atoms with van der Waals surface area (Å²) in [6, 6.07) is 9.39. The van der Waals surface area contributed by atoms with Gasteiger partial charge in [0.15, 0.2) is 5.82 Å². The van der Waals surface area contributed by atoms with Crippen LogP contribution in [0.2, 0.25) is 0 Å². The van der Waals surface area contributed by atoms with Crippen molar-refractivity contribution in [2.45, 2.75) is 18.9 Å². The van der Waals surface area contributed by atoms with Crippen LogP contribution in [0.25, 0.3) is 10.4 Å². The van der Waals surface area contributed by atoms with Gasteiger partial charge in [0.05, 0.1) is 22.0 Å². The van der Waals surface area contributed by atoms with E-state index in [1.54, 1.807) is 17.6 Å². The average Bonchev–Trinajstić information content (AvgIpc) is 3.10. The highest BCUT2D eigenvalue weighted by Crippen LogP contribution is 2.33. The molecule has 3 fully saturated rings. The Morgan fingerprint density at radius 2 is 2.24 bits per heavy atom. The van der Waals surface area contributed by atoms with Crippen molar-refractivity contribution in [3.63, 3.8) is 0 Å². The molecule has 4 heterocycles. The van der Waals surface area contributed by atoms with Crippen molar-refractivity contribution >= 4 is 23.2 Å². The molecule has 1 aromatic carbocycles. The lowest BCUT2D eigenvalue weighted by atomic mass is 9.86. The Hall–Kier alpha value is -2.43. The summed E-state index contributed by atoms with van der Waals surface area (Å²) in [5.41, 5.74) is 3.12. The van der Waals surface area contributed by atoms with E-state index < -0.39 is 6.09 Å². The maximum atomic E-state index is 12.3. The zero-order valence-corrected chi connectivity index (χ0v) is 14.5. The molecule has 2 aromatic rings. The minimum absolute atomic E-state index is 0.0356. The maximum absolute atomic E-state index is 12.3. The quantitative estimate of drug-likeness (QED) is 0.915. The Morgan fingerprint density at radius 1 is 1.40 bits per heavy atom. The molecule has 6 nitrogen and oxygen atoms in total. The summed E-state index contributed by atoms with van der Waals surface area (Å²) in [6.07, 6.45) is 1.70. The van der Waals surface area contributed by atoms with E-state index in [1.165, 1.54) is 11.3 Å². The van der Waals surface area contributed by atoms with E-state index in [0.29, 0.717) is 17.3 Å². The molecule has 1 aromatic heterocycles. The molecular formula is C18H18N4O2S. The van der Waals surface area contributed by atoms with Crippen LogP contribution in [0.3, 0.4) is 0 Å². The molecule has 0 radical (unpaired) electrons. The molecule has 25 heavy (non-hydrogen) atoms. The predicted molar refractivity (Wildman–Crippen MR) is 95.3 cm³/mol. The van der Waals surface area contributed by atoms with Gasteiger partial charge in [0, 0.05) is 6.54 Å². The van der Waals surface area contributed by atoms with Crippen molar-refractivity contribution in [2.24, 2.45) is 5.92 Å². The molecule has 1 N–H and O–H groups in total. The first-order valence-electron chi connectivity index (χ1n) is 8.37. The van der Waals surface area contributed by atoms with Gasteiger partial charge in [-0.25, -0.2) is 9.78 Å². The van der Waals surface area contributed by atoms with E-state index in [2.05, 4.69) is 21.3 Å². The summed E-state index contributed by atoms with van der Waals surface area (Å²) in [4.78, 5) is 19.7. The van der Waals surface area contributed by atoms with Crippen LogP contribution >= 0.6 is 11.3 Å². The van der Waals surface area contributed by atoms with Gasteiger partial charge in [-0.2, -0.15) is 5.26 Å². The van der Waals surface area contributed by atoms with Crippen LogP contribution in [0.5, 0.6) is 0 Å². The van der Waals surface area contributed by atoms with Crippen LogP contribution in [0.4, 0.5) is 10.6 Å². The van der Waals surface area contributed by atoms with Gasteiger partial charge < -0.3 is 4.74 Å². The number of thiazole rings is 1. The first-order chi connectivity index (χ1) is 12.2. The number of benzene rings is 1. The highest BCUT2D eigenvalue weighted by atomic mass is 32.1. The van der Waals surface area contributed by atoms with Crippen molar-refractivity contribution in [1.29, 1.82) is 5.26 Å². The number of piperidine rings is 3. The maximum Gasteiger partial charge on any atom is 0.413 e. The van der Waals surface area contributed by atoms with Crippen molar-refractivity contribution in [2.75, 3.05) is 25.0 Å². The van der Waals surface area contributed by atoms with Crippen molar-refractivity contribution in [3.8, 4) is 16.5 Å². The molecule has 5 rings (SSSR count). The summed E-state index contributed by atoms with van der Waals surface area (Å²) < 4.78 is 5.65. The number of carbonyl (C=O) groups is 1. The third kappa shape index (κ3) is 3.36. The molecule has 0 saturated carbocycles. The summed E-state index contributed by atoms with van der Waals surface area (Å²) in [5.74, 6) is 0.948. The number of aromatic nitrogens is 1. The minimum atomic E-state index is -0.456. The van der Waals surface area contributed by atoms with Crippen LogP contribution in [0, 0.1) is 17.2 Å². The van der Waals surface area contributed by atoms with E-state index in [-0.39, 0.29) is 6.10 Å². The first kappa shape index (κ1) is 16.1. The number of amides is 1. The molecule has 0 spiro atoms. The molecule has 3 aliphatic heterocycles. The molecule has 0 unspecified atom stereocenters. The number of hydrogen-bond donors (Lipinski definition) is 1. The second kappa shape index (κ2) is 6.82. The average molecular weight is 354 g/mol. The van der Waals surface area contributed by atoms with Crippen LogP contribution < -0.4 is 5.32 Å².